The Bertz CT molecular complexity index is 2840. The van der Waals surface area contributed by atoms with Crippen LogP contribution < -0.4 is 0 Å². The van der Waals surface area contributed by atoms with Crippen molar-refractivity contribution in [1.29, 1.82) is 0 Å². The Labute approximate surface area is 282 Å². The van der Waals surface area contributed by atoms with Gasteiger partial charge in [-0.1, -0.05) is 97.1 Å². The molecule has 0 bridgehead atoms. The largest absolute Gasteiger partial charge is 0.309 e. The molecule has 0 saturated carbocycles. The first kappa shape index (κ1) is 27.5. The van der Waals surface area contributed by atoms with Gasteiger partial charge in [-0.05, 0) is 73.7 Å². The fourth-order valence-corrected chi connectivity index (χ4v) is 7.73. The Morgan fingerprint density at radius 3 is 1.67 bits per heavy atom. The molecule has 0 aliphatic rings. The van der Waals surface area contributed by atoms with E-state index >= 15 is 0 Å². The molecule has 0 N–H and O–H groups in total. The maximum Gasteiger partial charge on any atom is 0.220 e. The van der Waals surface area contributed by atoms with Gasteiger partial charge in [0.15, 0.2) is 0 Å². The number of hydrogen-bond acceptors (Lipinski definition) is 1. The van der Waals surface area contributed by atoms with Gasteiger partial charge >= 0.3 is 0 Å². The van der Waals surface area contributed by atoms with Crippen LogP contribution in [0, 0.1) is 0 Å². The summed E-state index contributed by atoms with van der Waals surface area (Å²) in [6.07, 6.45) is 8.57. The minimum absolute atomic E-state index is 0.869. The third-order valence-corrected chi connectivity index (χ3v) is 9.74. The van der Waals surface area contributed by atoms with Gasteiger partial charge in [0.1, 0.15) is 0 Å². The Morgan fingerprint density at radius 2 is 1.06 bits per heavy atom. The first-order valence-electron chi connectivity index (χ1n) is 16.7. The lowest BCUT2D eigenvalue weighted by atomic mass is 10.2. The summed E-state index contributed by atoms with van der Waals surface area (Å²) in [5.41, 5.74) is 11.2. The van der Waals surface area contributed by atoms with Crippen molar-refractivity contribution in [3.63, 3.8) is 0 Å². The SMILES string of the molecule is C/C=C\C(=C/c1cnc2n(-c3ccccc3)c3ccc(-n4c5ccccc5c5ccccc54)cc3n12)n1c2ccccc2c2ccccc21. The second-order valence-corrected chi connectivity index (χ2v) is 12.5. The van der Waals surface area contributed by atoms with E-state index < -0.39 is 0 Å². The van der Waals surface area contributed by atoms with Gasteiger partial charge in [0.05, 0.1) is 45.0 Å². The van der Waals surface area contributed by atoms with E-state index in [1.807, 2.05) is 6.20 Å². The summed E-state index contributed by atoms with van der Waals surface area (Å²) >= 11 is 0. The van der Waals surface area contributed by atoms with Crippen LogP contribution in [0.25, 0.3) is 83.6 Å². The first-order chi connectivity index (χ1) is 24.3. The Kier molecular flexibility index (Phi) is 6.02. The molecule has 0 aliphatic carbocycles. The van der Waals surface area contributed by atoms with E-state index in [4.69, 9.17) is 4.98 Å². The topological polar surface area (TPSA) is 32.1 Å². The van der Waals surface area contributed by atoms with Crippen LogP contribution in [0.15, 0.2) is 164 Å². The number of rotatable bonds is 5. The van der Waals surface area contributed by atoms with Gasteiger partial charge in [0, 0.05) is 38.6 Å². The van der Waals surface area contributed by atoms with Crippen molar-refractivity contribution >= 4 is 72.2 Å². The summed E-state index contributed by atoms with van der Waals surface area (Å²) < 4.78 is 9.31. The van der Waals surface area contributed by atoms with Crippen LogP contribution in [0.1, 0.15) is 12.6 Å². The van der Waals surface area contributed by atoms with Crippen molar-refractivity contribution in [2.24, 2.45) is 0 Å². The van der Waals surface area contributed by atoms with Crippen LogP contribution in [-0.4, -0.2) is 23.1 Å². The molecule has 0 saturated heterocycles. The summed E-state index contributed by atoms with van der Waals surface area (Å²) in [4.78, 5) is 5.08. The molecule has 10 rings (SSSR count). The van der Waals surface area contributed by atoms with E-state index in [-0.39, 0.29) is 0 Å². The van der Waals surface area contributed by atoms with E-state index in [9.17, 15) is 0 Å². The zero-order valence-corrected chi connectivity index (χ0v) is 26.9. The Balaban J connectivity index is 1.28. The molecule has 4 heterocycles. The molecule has 0 spiro atoms. The number of aromatic nitrogens is 5. The molecule has 10 aromatic rings. The van der Waals surface area contributed by atoms with Gasteiger partial charge in [0.2, 0.25) is 5.78 Å². The number of benzene rings is 6. The highest BCUT2D eigenvalue weighted by molar-refractivity contribution is 6.11. The lowest BCUT2D eigenvalue weighted by Gasteiger charge is -2.10. The fourth-order valence-electron chi connectivity index (χ4n) is 7.73. The van der Waals surface area contributed by atoms with E-state index in [0.717, 1.165) is 39.6 Å². The molecule has 0 radical (unpaired) electrons. The van der Waals surface area contributed by atoms with E-state index in [1.165, 1.54) is 43.6 Å². The summed E-state index contributed by atoms with van der Waals surface area (Å²) in [6, 6.07) is 51.9. The van der Waals surface area contributed by atoms with Crippen molar-refractivity contribution in [2.75, 3.05) is 0 Å². The third-order valence-electron chi connectivity index (χ3n) is 9.74. The maximum atomic E-state index is 5.08. The van der Waals surface area contributed by atoms with Crippen LogP contribution in [0.2, 0.25) is 0 Å². The van der Waals surface area contributed by atoms with Gasteiger partial charge in [-0.2, -0.15) is 0 Å². The lowest BCUT2D eigenvalue weighted by molar-refractivity contribution is 1.10. The van der Waals surface area contributed by atoms with Crippen LogP contribution in [0.4, 0.5) is 0 Å². The van der Waals surface area contributed by atoms with Crippen molar-refractivity contribution < 1.29 is 0 Å². The minimum Gasteiger partial charge on any atom is -0.309 e. The molecule has 0 amide bonds. The second-order valence-electron chi connectivity index (χ2n) is 12.5. The number of allylic oxidation sites excluding steroid dienone is 3. The average Bonchev–Trinajstić information content (AvgIpc) is 3.89. The number of hydrogen-bond donors (Lipinski definition) is 0. The zero-order chi connectivity index (χ0) is 32.5. The Morgan fingerprint density at radius 1 is 0.510 bits per heavy atom. The van der Waals surface area contributed by atoms with Gasteiger partial charge < -0.3 is 9.13 Å². The maximum absolute atomic E-state index is 5.08. The highest BCUT2D eigenvalue weighted by atomic mass is 15.2. The van der Waals surface area contributed by atoms with Crippen molar-refractivity contribution in [3.05, 3.63) is 170 Å². The highest BCUT2D eigenvalue weighted by Gasteiger charge is 2.20. The second kappa shape index (κ2) is 10.7. The van der Waals surface area contributed by atoms with Crippen LogP contribution in [0.5, 0.6) is 0 Å². The fraction of sp³-hybridized carbons (Fsp3) is 0.0227. The summed E-state index contributed by atoms with van der Waals surface area (Å²) in [5, 5.41) is 4.98. The van der Waals surface area contributed by atoms with Gasteiger partial charge in [-0.25, -0.2) is 4.98 Å². The van der Waals surface area contributed by atoms with Gasteiger partial charge in [-0.15, -0.1) is 0 Å². The minimum atomic E-state index is 0.869. The van der Waals surface area contributed by atoms with Crippen molar-refractivity contribution in [2.45, 2.75) is 6.92 Å². The van der Waals surface area contributed by atoms with Crippen LogP contribution in [0.3, 0.4) is 0 Å². The number of para-hydroxylation sites is 5. The van der Waals surface area contributed by atoms with Gasteiger partial charge in [0.25, 0.3) is 0 Å². The highest BCUT2D eigenvalue weighted by Crippen LogP contribution is 2.36. The number of fused-ring (bicyclic) bond motifs is 9. The molecule has 49 heavy (non-hydrogen) atoms. The summed E-state index contributed by atoms with van der Waals surface area (Å²) in [5.74, 6) is 0.869. The monoisotopic (exact) mass is 629 g/mol. The lowest BCUT2D eigenvalue weighted by Crippen LogP contribution is -1.96. The summed E-state index contributed by atoms with van der Waals surface area (Å²) in [7, 11) is 0. The standard InChI is InChI=1S/C44H31N5/c1-2-14-31(46-38-21-10-6-17-34(38)35-18-7-11-22-39(35)46)27-33-29-45-44-48(30-15-4-3-5-16-30)42-26-25-32(28-43(42)49(33)44)47-40-23-12-8-19-36(40)37-20-9-13-24-41(37)47/h2-29H,1H3/b14-2-,31-27+. The van der Waals surface area contributed by atoms with Crippen LogP contribution >= 0.6 is 0 Å². The predicted molar refractivity (Wildman–Crippen MR) is 205 cm³/mol. The molecular formula is C44H31N5. The molecule has 0 atom stereocenters. The molecule has 4 aromatic heterocycles. The smallest absolute Gasteiger partial charge is 0.220 e. The zero-order valence-electron chi connectivity index (χ0n) is 26.9. The molecular weight excluding hydrogens is 599 g/mol. The molecule has 5 nitrogen and oxygen atoms in total. The van der Waals surface area contributed by atoms with E-state index in [2.05, 4.69) is 189 Å². The quantitative estimate of drug-likeness (QED) is 0.174. The van der Waals surface area contributed by atoms with Crippen molar-refractivity contribution in [3.8, 4) is 11.4 Å². The van der Waals surface area contributed by atoms with Gasteiger partial charge in [-0.3, -0.25) is 8.97 Å². The predicted octanol–water partition coefficient (Wildman–Crippen LogP) is 11.1. The third kappa shape index (κ3) is 4.02. The average molecular weight is 630 g/mol. The van der Waals surface area contributed by atoms with E-state index in [1.54, 1.807) is 0 Å². The normalized spacial score (nSPS) is 12.6. The number of nitrogens with zero attached hydrogens (tertiary/aromatic N) is 5. The molecule has 6 aromatic carbocycles. The first-order valence-corrected chi connectivity index (χ1v) is 16.7. The molecule has 5 heteroatoms. The summed E-state index contributed by atoms with van der Waals surface area (Å²) in [6.45, 7) is 2.08. The Hall–Kier alpha value is -6.59. The van der Waals surface area contributed by atoms with Crippen LogP contribution in [-0.2, 0) is 0 Å². The molecule has 0 unspecified atom stereocenters. The van der Waals surface area contributed by atoms with E-state index in [0.29, 0.717) is 0 Å². The molecule has 0 aliphatic heterocycles. The molecule has 232 valence electrons. The number of imidazole rings is 2. The molecule has 0 fully saturated rings. The van der Waals surface area contributed by atoms with Crippen molar-refractivity contribution in [1.82, 2.24) is 23.1 Å².